The zero-order chi connectivity index (χ0) is 47.9. The van der Waals surface area contributed by atoms with Crippen molar-refractivity contribution in [3.63, 3.8) is 0 Å². The van der Waals surface area contributed by atoms with Gasteiger partial charge in [-0.15, -0.1) is 0 Å². The lowest BCUT2D eigenvalue weighted by Crippen LogP contribution is -2.30. The zero-order valence-corrected chi connectivity index (χ0v) is 40.9. The summed E-state index contributed by atoms with van der Waals surface area (Å²) in [5, 5.41) is 0. The fourth-order valence-corrected chi connectivity index (χ4v) is 5.59. The summed E-state index contributed by atoms with van der Waals surface area (Å²) in [5.74, 6) is -1.11. The SMILES string of the molecule is CC/C=C/C=C/C=C/C=C/C=C/C=C/CCCCCC(=O)OC(COC(=O)CCC/C=C/C=C/C=C/C=C/C=C/CC)COC(=O)CCCCCCC/C=C/C=C/C=C/C=C/C=C/CCC. The standard InChI is InChI=1S/C60H84O6/c1-4-7-10-13-16-19-22-25-27-29-31-32-35-38-41-44-47-50-53-59(62)65-56-57(55-64-58(61)52-49-46-43-40-37-34-24-21-18-15-12-9-6-3)66-60(63)54-51-48-45-42-39-36-33-30-28-26-23-20-17-14-11-8-5-2/h8-34,36-37,39-40,43,57H,4-7,35,38,41-42,44-56H2,1-3H3/b11-8+,12-9+,13-10+,17-14+,18-15+,19-16+,23-20+,24-21+,25-22+,28-26+,29-27+,32-31+,33-30+,37-34+,39-36+,43-40+. The number of hydrogen-bond donors (Lipinski definition) is 0. The maximum atomic E-state index is 12.8. The Hall–Kier alpha value is -5.75. The van der Waals surface area contributed by atoms with E-state index in [1.165, 1.54) is 6.42 Å². The summed E-state index contributed by atoms with van der Waals surface area (Å²) < 4.78 is 16.6. The molecule has 0 heterocycles. The molecule has 0 aliphatic rings. The first-order chi connectivity index (χ1) is 32.5. The van der Waals surface area contributed by atoms with Crippen LogP contribution in [-0.2, 0) is 28.6 Å². The van der Waals surface area contributed by atoms with Crippen molar-refractivity contribution in [1.82, 2.24) is 0 Å². The van der Waals surface area contributed by atoms with Gasteiger partial charge >= 0.3 is 17.9 Å². The Morgan fingerprint density at radius 2 is 0.606 bits per heavy atom. The molecule has 0 aliphatic heterocycles. The van der Waals surface area contributed by atoms with Crippen molar-refractivity contribution in [1.29, 1.82) is 0 Å². The van der Waals surface area contributed by atoms with Gasteiger partial charge in [0.2, 0.25) is 0 Å². The molecule has 6 heteroatoms. The van der Waals surface area contributed by atoms with Crippen molar-refractivity contribution in [2.24, 2.45) is 0 Å². The molecule has 0 saturated heterocycles. The third-order valence-electron chi connectivity index (χ3n) is 9.21. The van der Waals surface area contributed by atoms with Gasteiger partial charge < -0.3 is 14.2 Å². The Bertz CT molecular complexity index is 1690. The van der Waals surface area contributed by atoms with Gasteiger partial charge in [-0.1, -0.05) is 247 Å². The van der Waals surface area contributed by atoms with Gasteiger partial charge in [-0.3, -0.25) is 14.4 Å². The molecule has 0 bridgehead atoms. The van der Waals surface area contributed by atoms with E-state index in [4.69, 9.17) is 14.2 Å². The molecule has 6 nitrogen and oxygen atoms in total. The van der Waals surface area contributed by atoms with Crippen LogP contribution in [0.4, 0.5) is 0 Å². The van der Waals surface area contributed by atoms with Gasteiger partial charge in [0, 0.05) is 19.3 Å². The average molecular weight is 901 g/mol. The third kappa shape index (κ3) is 49.3. The maximum absolute atomic E-state index is 12.8. The summed E-state index contributed by atoms with van der Waals surface area (Å²) in [6.07, 6.45) is 79.8. The Kier molecular flexibility index (Phi) is 47.4. The van der Waals surface area contributed by atoms with E-state index in [1.54, 1.807) is 0 Å². The van der Waals surface area contributed by atoms with Gasteiger partial charge in [-0.25, -0.2) is 0 Å². The molecule has 0 N–H and O–H groups in total. The van der Waals surface area contributed by atoms with Crippen LogP contribution in [0.25, 0.3) is 0 Å². The van der Waals surface area contributed by atoms with E-state index in [9.17, 15) is 14.4 Å². The summed E-state index contributed by atoms with van der Waals surface area (Å²) in [6.45, 7) is 6.08. The molecule has 0 radical (unpaired) electrons. The van der Waals surface area contributed by atoms with Crippen LogP contribution in [0, 0.1) is 0 Å². The Labute approximate surface area is 401 Å². The van der Waals surface area contributed by atoms with Crippen LogP contribution in [0.3, 0.4) is 0 Å². The summed E-state index contributed by atoms with van der Waals surface area (Å²) in [7, 11) is 0. The molecular weight excluding hydrogens is 817 g/mol. The molecule has 0 fully saturated rings. The molecule has 0 aromatic rings. The molecule has 0 aliphatic carbocycles. The fourth-order valence-electron chi connectivity index (χ4n) is 5.59. The van der Waals surface area contributed by atoms with Crippen molar-refractivity contribution in [3.05, 3.63) is 194 Å². The smallest absolute Gasteiger partial charge is 0.306 e. The normalized spacial score (nSPS) is 13.8. The number of rotatable bonds is 40. The van der Waals surface area contributed by atoms with Crippen LogP contribution in [0.1, 0.15) is 143 Å². The second-order valence-corrected chi connectivity index (χ2v) is 15.3. The van der Waals surface area contributed by atoms with E-state index >= 15 is 0 Å². The van der Waals surface area contributed by atoms with Gasteiger partial charge in [0.05, 0.1) is 0 Å². The summed E-state index contributed by atoms with van der Waals surface area (Å²) in [6, 6.07) is 0. The van der Waals surface area contributed by atoms with Gasteiger partial charge in [0.25, 0.3) is 0 Å². The van der Waals surface area contributed by atoms with Crippen LogP contribution < -0.4 is 0 Å². The van der Waals surface area contributed by atoms with E-state index in [0.29, 0.717) is 19.3 Å². The highest BCUT2D eigenvalue weighted by Gasteiger charge is 2.19. The van der Waals surface area contributed by atoms with Crippen molar-refractivity contribution in [3.8, 4) is 0 Å². The van der Waals surface area contributed by atoms with Gasteiger partial charge in [-0.05, 0) is 70.6 Å². The van der Waals surface area contributed by atoms with Gasteiger partial charge in [-0.2, -0.15) is 0 Å². The first-order valence-electron chi connectivity index (χ1n) is 24.7. The maximum Gasteiger partial charge on any atom is 0.306 e. The highest BCUT2D eigenvalue weighted by atomic mass is 16.6. The third-order valence-corrected chi connectivity index (χ3v) is 9.21. The molecule has 66 heavy (non-hydrogen) atoms. The number of unbranched alkanes of at least 4 members (excludes halogenated alkanes) is 10. The largest absolute Gasteiger partial charge is 0.462 e. The highest BCUT2D eigenvalue weighted by Crippen LogP contribution is 2.11. The topological polar surface area (TPSA) is 78.9 Å². The number of carbonyl (C=O) groups is 3. The first kappa shape index (κ1) is 60.2. The molecule has 1 atom stereocenters. The highest BCUT2D eigenvalue weighted by molar-refractivity contribution is 5.71. The van der Waals surface area contributed by atoms with E-state index in [2.05, 4.69) is 63.3 Å². The molecule has 360 valence electrons. The minimum Gasteiger partial charge on any atom is -0.462 e. The molecule has 0 rings (SSSR count). The predicted molar refractivity (Wildman–Crippen MR) is 283 cm³/mol. The lowest BCUT2D eigenvalue weighted by atomic mass is 10.1. The minimum absolute atomic E-state index is 0.145. The zero-order valence-electron chi connectivity index (χ0n) is 40.9. The van der Waals surface area contributed by atoms with E-state index in [1.807, 2.05) is 152 Å². The van der Waals surface area contributed by atoms with Crippen LogP contribution >= 0.6 is 0 Å². The number of ether oxygens (including phenoxy) is 3. The van der Waals surface area contributed by atoms with E-state index in [0.717, 1.165) is 83.5 Å². The average Bonchev–Trinajstić information content (AvgIpc) is 3.31. The first-order valence-corrected chi connectivity index (χ1v) is 24.7. The summed E-state index contributed by atoms with van der Waals surface area (Å²) in [4.78, 5) is 37.9. The number of carbonyl (C=O) groups excluding carboxylic acids is 3. The van der Waals surface area contributed by atoms with Crippen molar-refractivity contribution < 1.29 is 28.6 Å². The number of allylic oxidation sites excluding steroid dienone is 32. The monoisotopic (exact) mass is 901 g/mol. The lowest BCUT2D eigenvalue weighted by molar-refractivity contribution is -0.167. The van der Waals surface area contributed by atoms with Gasteiger partial charge in [0.1, 0.15) is 13.2 Å². The fraction of sp³-hybridized carbons (Fsp3) is 0.417. The van der Waals surface area contributed by atoms with E-state index in [-0.39, 0.29) is 38.0 Å². The van der Waals surface area contributed by atoms with Crippen molar-refractivity contribution >= 4 is 17.9 Å². The van der Waals surface area contributed by atoms with Crippen LogP contribution in [-0.4, -0.2) is 37.2 Å². The van der Waals surface area contributed by atoms with E-state index < -0.39 is 12.1 Å². The van der Waals surface area contributed by atoms with Crippen molar-refractivity contribution in [2.75, 3.05) is 13.2 Å². The number of esters is 3. The number of hydrogen-bond acceptors (Lipinski definition) is 6. The van der Waals surface area contributed by atoms with Crippen LogP contribution in [0.15, 0.2) is 194 Å². The Morgan fingerprint density at radius 1 is 0.318 bits per heavy atom. The molecule has 0 aromatic heterocycles. The molecular formula is C60H84O6. The Balaban J connectivity index is 4.69. The summed E-state index contributed by atoms with van der Waals surface area (Å²) in [5.41, 5.74) is 0. The molecule has 1 unspecified atom stereocenters. The second kappa shape index (κ2) is 51.9. The van der Waals surface area contributed by atoms with Crippen LogP contribution in [0.2, 0.25) is 0 Å². The molecule has 0 saturated carbocycles. The van der Waals surface area contributed by atoms with Crippen LogP contribution in [0.5, 0.6) is 0 Å². The Morgan fingerprint density at radius 3 is 1.00 bits per heavy atom. The van der Waals surface area contributed by atoms with Gasteiger partial charge in [0.15, 0.2) is 6.10 Å². The minimum atomic E-state index is -0.854. The molecule has 0 aromatic carbocycles. The van der Waals surface area contributed by atoms with Crippen molar-refractivity contribution in [2.45, 2.75) is 149 Å². The second-order valence-electron chi connectivity index (χ2n) is 15.3. The molecule has 0 amide bonds. The lowest BCUT2D eigenvalue weighted by Gasteiger charge is -2.18. The molecule has 0 spiro atoms. The predicted octanol–water partition coefficient (Wildman–Crippen LogP) is 16.4. The quantitative estimate of drug-likeness (QED) is 0.0264. The summed E-state index contributed by atoms with van der Waals surface area (Å²) >= 11 is 0.